The Balaban J connectivity index is 2.54. The summed E-state index contributed by atoms with van der Waals surface area (Å²) in [5.74, 6) is -0.313. The van der Waals surface area contributed by atoms with Crippen LogP contribution < -0.4 is 10.5 Å². The van der Waals surface area contributed by atoms with E-state index in [1.807, 2.05) is 30.3 Å². The second-order valence-electron chi connectivity index (χ2n) is 4.29. The van der Waals surface area contributed by atoms with Crippen LogP contribution in [0.1, 0.15) is 18.0 Å². The van der Waals surface area contributed by atoms with E-state index in [2.05, 4.69) is 15.9 Å². The third-order valence-corrected chi connectivity index (χ3v) is 3.44. The monoisotopic (exact) mass is 323 g/mol. The van der Waals surface area contributed by atoms with E-state index in [-0.39, 0.29) is 6.42 Å². The van der Waals surface area contributed by atoms with Crippen LogP contribution in [0.5, 0.6) is 5.75 Å². The van der Waals surface area contributed by atoms with Crippen molar-refractivity contribution in [2.45, 2.75) is 12.5 Å². The number of carboxylic acid groups (broad SMARTS) is 1. The smallest absolute Gasteiger partial charge is 0.305 e. The number of halogens is 1. The predicted octanol–water partition coefficient (Wildman–Crippen LogP) is 3.09. The van der Waals surface area contributed by atoms with Crippen molar-refractivity contribution in [1.82, 2.24) is 0 Å². The first kappa shape index (κ1) is 13.8. The highest BCUT2D eigenvalue weighted by molar-refractivity contribution is 9.10. The molecule has 0 spiro atoms. The fraction of sp³-hybridized carbons (Fsp3) is 0.214. The number of carbonyl (C=O) groups is 1. The molecule has 4 nitrogen and oxygen atoms in total. The highest BCUT2D eigenvalue weighted by Gasteiger charge is 2.16. The number of methoxy groups -OCH3 is 1. The summed E-state index contributed by atoms with van der Waals surface area (Å²) in [7, 11) is 1.55. The SMILES string of the molecule is COc1cc2ccc(Br)cc2cc1C(N)CC(=O)O. The molecule has 0 bridgehead atoms. The van der Waals surface area contributed by atoms with Crippen LogP contribution >= 0.6 is 15.9 Å². The fourth-order valence-corrected chi connectivity index (χ4v) is 2.41. The van der Waals surface area contributed by atoms with Crippen molar-refractivity contribution < 1.29 is 14.6 Å². The maximum atomic E-state index is 10.8. The average Bonchev–Trinajstić information content (AvgIpc) is 2.36. The van der Waals surface area contributed by atoms with Crippen molar-refractivity contribution in [3.8, 4) is 5.75 Å². The van der Waals surface area contributed by atoms with Gasteiger partial charge in [0.2, 0.25) is 0 Å². The quantitative estimate of drug-likeness (QED) is 0.906. The summed E-state index contributed by atoms with van der Waals surface area (Å²) in [5.41, 5.74) is 6.63. The molecule has 19 heavy (non-hydrogen) atoms. The Morgan fingerprint density at radius 2 is 2.11 bits per heavy atom. The molecule has 0 fully saturated rings. The largest absolute Gasteiger partial charge is 0.496 e. The van der Waals surface area contributed by atoms with Crippen molar-refractivity contribution in [3.05, 3.63) is 40.4 Å². The van der Waals surface area contributed by atoms with Gasteiger partial charge in [-0.2, -0.15) is 0 Å². The Kier molecular flexibility index (Phi) is 4.07. The minimum atomic E-state index is -0.927. The lowest BCUT2D eigenvalue weighted by atomic mass is 9.99. The molecule has 2 aromatic carbocycles. The van der Waals surface area contributed by atoms with Gasteiger partial charge in [-0.25, -0.2) is 0 Å². The standard InChI is InChI=1S/C14H14BrNO3/c1-19-13-6-8-2-3-10(15)4-9(8)5-11(13)12(16)7-14(17)18/h2-6,12H,7,16H2,1H3,(H,17,18). The van der Waals surface area contributed by atoms with Crippen LogP contribution in [-0.4, -0.2) is 18.2 Å². The zero-order chi connectivity index (χ0) is 14.0. The van der Waals surface area contributed by atoms with Crippen LogP contribution in [0, 0.1) is 0 Å². The molecule has 1 unspecified atom stereocenters. The van der Waals surface area contributed by atoms with E-state index in [9.17, 15) is 4.79 Å². The molecular formula is C14H14BrNO3. The number of rotatable bonds is 4. The second-order valence-corrected chi connectivity index (χ2v) is 5.21. The van der Waals surface area contributed by atoms with E-state index in [1.54, 1.807) is 7.11 Å². The Morgan fingerprint density at radius 3 is 2.74 bits per heavy atom. The maximum absolute atomic E-state index is 10.8. The van der Waals surface area contributed by atoms with Gasteiger partial charge in [0, 0.05) is 16.1 Å². The number of nitrogens with two attached hydrogens (primary N) is 1. The van der Waals surface area contributed by atoms with E-state index in [4.69, 9.17) is 15.6 Å². The first-order valence-electron chi connectivity index (χ1n) is 5.76. The van der Waals surface area contributed by atoms with Gasteiger partial charge < -0.3 is 15.6 Å². The van der Waals surface area contributed by atoms with E-state index >= 15 is 0 Å². The Labute approximate surface area is 119 Å². The van der Waals surface area contributed by atoms with Gasteiger partial charge in [0.1, 0.15) is 5.75 Å². The summed E-state index contributed by atoms with van der Waals surface area (Å²) in [6.07, 6.45) is -0.129. The summed E-state index contributed by atoms with van der Waals surface area (Å²) >= 11 is 3.41. The van der Waals surface area contributed by atoms with Gasteiger partial charge in [-0.15, -0.1) is 0 Å². The fourth-order valence-electron chi connectivity index (χ4n) is 2.03. The average molecular weight is 324 g/mol. The number of aliphatic carboxylic acids is 1. The van der Waals surface area contributed by atoms with Gasteiger partial charge in [-0.05, 0) is 35.0 Å². The van der Waals surface area contributed by atoms with Crippen LogP contribution in [0.15, 0.2) is 34.8 Å². The Bertz CT molecular complexity index is 627. The molecule has 0 radical (unpaired) electrons. The maximum Gasteiger partial charge on any atom is 0.305 e. The third kappa shape index (κ3) is 3.05. The minimum absolute atomic E-state index is 0.129. The molecule has 0 aliphatic carbocycles. The lowest BCUT2D eigenvalue weighted by Crippen LogP contribution is -2.15. The summed E-state index contributed by atoms with van der Waals surface area (Å²) < 4.78 is 6.26. The lowest BCUT2D eigenvalue weighted by Gasteiger charge is -2.15. The molecule has 0 amide bonds. The number of benzene rings is 2. The Morgan fingerprint density at radius 1 is 1.37 bits per heavy atom. The number of ether oxygens (including phenoxy) is 1. The van der Waals surface area contributed by atoms with Crippen LogP contribution in [0.2, 0.25) is 0 Å². The number of fused-ring (bicyclic) bond motifs is 1. The summed E-state index contributed by atoms with van der Waals surface area (Å²) in [5, 5.41) is 10.8. The highest BCUT2D eigenvalue weighted by atomic mass is 79.9. The molecule has 0 heterocycles. The molecule has 2 rings (SSSR count). The molecule has 3 N–H and O–H groups in total. The number of hydrogen-bond acceptors (Lipinski definition) is 3. The van der Waals surface area contributed by atoms with E-state index in [1.165, 1.54) is 0 Å². The number of carboxylic acids is 1. The van der Waals surface area contributed by atoms with Gasteiger partial charge in [-0.1, -0.05) is 22.0 Å². The molecule has 0 aliphatic heterocycles. The molecule has 1 atom stereocenters. The van der Waals surface area contributed by atoms with Crippen molar-refractivity contribution in [2.75, 3.05) is 7.11 Å². The van der Waals surface area contributed by atoms with Crippen molar-refractivity contribution in [3.63, 3.8) is 0 Å². The van der Waals surface area contributed by atoms with Gasteiger partial charge in [0.15, 0.2) is 0 Å². The molecule has 100 valence electrons. The van der Waals surface area contributed by atoms with E-state index in [0.29, 0.717) is 11.3 Å². The molecule has 0 saturated carbocycles. The van der Waals surface area contributed by atoms with Gasteiger partial charge >= 0.3 is 5.97 Å². The summed E-state index contributed by atoms with van der Waals surface area (Å²) in [6, 6.07) is 9.04. The number of hydrogen-bond donors (Lipinski definition) is 2. The third-order valence-electron chi connectivity index (χ3n) is 2.94. The van der Waals surface area contributed by atoms with Gasteiger partial charge in [0.25, 0.3) is 0 Å². The predicted molar refractivity (Wildman–Crippen MR) is 77.4 cm³/mol. The molecule has 0 aliphatic rings. The van der Waals surface area contributed by atoms with Crippen molar-refractivity contribution >= 4 is 32.7 Å². The topological polar surface area (TPSA) is 72.5 Å². The molecular weight excluding hydrogens is 310 g/mol. The van der Waals surface area contributed by atoms with Gasteiger partial charge in [-0.3, -0.25) is 4.79 Å². The normalized spacial score (nSPS) is 12.4. The van der Waals surface area contributed by atoms with Crippen LogP contribution in [0.3, 0.4) is 0 Å². The molecule has 0 saturated heterocycles. The second kappa shape index (κ2) is 5.59. The zero-order valence-electron chi connectivity index (χ0n) is 10.4. The van der Waals surface area contributed by atoms with Crippen LogP contribution in [0.4, 0.5) is 0 Å². The zero-order valence-corrected chi connectivity index (χ0v) is 12.0. The molecule has 5 heteroatoms. The summed E-state index contributed by atoms with van der Waals surface area (Å²) in [6.45, 7) is 0. The van der Waals surface area contributed by atoms with Crippen molar-refractivity contribution in [1.29, 1.82) is 0 Å². The van der Waals surface area contributed by atoms with Gasteiger partial charge in [0.05, 0.1) is 13.5 Å². The molecule has 0 aromatic heterocycles. The van der Waals surface area contributed by atoms with Crippen LogP contribution in [-0.2, 0) is 4.79 Å². The lowest BCUT2D eigenvalue weighted by molar-refractivity contribution is -0.137. The van der Waals surface area contributed by atoms with Crippen LogP contribution in [0.25, 0.3) is 10.8 Å². The first-order valence-corrected chi connectivity index (χ1v) is 6.55. The highest BCUT2D eigenvalue weighted by Crippen LogP contribution is 2.32. The summed E-state index contributed by atoms with van der Waals surface area (Å²) in [4.78, 5) is 10.8. The first-order chi connectivity index (χ1) is 9.01. The van der Waals surface area contributed by atoms with Crippen molar-refractivity contribution in [2.24, 2.45) is 5.73 Å². The molecule has 2 aromatic rings. The van der Waals surface area contributed by atoms with E-state index < -0.39 is 12.0 Å². The minimum Gasteiger partial charge on any atom is -0.496 e. The van der Waals surface area contributed by atoms with E-state index in [0.717, 1.165) is 15.2 Å². The Hall–Kier alpha value is -1.59.